The lowest BCUT2D eigenvalue weighted by molar-refractivity contribution is 0.769. The Morgan fingerprint density at radius 1 is 1.24 bits per heavy atom. The Morgan fingerprint density at radius 2 is 1.88 bits per heavy atom. The van der Waals surface area contributed by atoms with Crippen LogP contribution in [0.15, 0.2) is 30.5 Å². The van der Waals surface area contributed by atoms with Gasteiger partial charge in [-0.25, -0.2) is 4.68 Å². The number of anilines is 1. The van der Waals surface area contributed by atoms with Gasteiger partial charge in [-0.3, -0.25) is 0 Å². The first-order valence-corrected chi connectivity index (χ1v) is 5.76. The number of aromatic nitrogens is 2. The average Bonchev–Trinajstić information content (AvgIpc) is 2.71. The van der Waals surface area contributed by atoms with Crippen LogP contribution < -0.4 is 11.5 Å². The molecule has 0 aliphatic rings. The van der Waals surface area contributed by atoms with Crippen LogP contribution in [0.5, 0.6) is 0 Å². The van der Waals surface area contributed by atoms with Gasteiger partial charge < -0.3 is 11.5 Å². The van der Waals surface area contributed by atoms with Crippen LogP contribution in [0, 0.1) is 0 Å². The molecule has 90 valence electrons. The Morgan fingerprint density at radius 3 is 2.35 bits per heavy atom. The lowest BCUT2D eigenvalue weighted by Crippen LogP contribution is -1.99. The van der Waals surface area contributed by atoms with Crippen molar-refractivity contribution in [3.63, 3.8) is 0 Å². The first-order valence-electron chi connectivity index (χ1n) is 5.76. The SMILES string of the molecule is CC(C)c1nn(-c2ccc(CN)cc2)cc1N. The molecule has 4 heteroatoms. The van der Waals surface area contributed by atoms with Gasteiger partial charge in [0.1, 0.15) is 0 Å². The van der Waals surface area contributed by atoms with E-state index in [9.17, 15) is 0 Å². The fraction of sp³-hybridized carbons (Fsp3) is 0.308. The van der Waals surface area contributed by atoms with Crippen molar-refractivity contribution in [3.8, 4) is 5.69 Å². The highest BCUT2D eigenvalue weighted by Gasteiger charge is 2.10. The molecule has 1 aromatic carbocycles. The molecule has 4 nitrogen and oxygen atoms in total. The highest BCUT2D eigenvalue weighted by molar-refractivity contribution is 5.46. The van der Waals surface area contributed by atoms with Crippen molar-refractivity contribution in [1.29, 1.82) is 0 Å². The van der Waals surface area contributed by atoms with E-state index in [0.717, 1.165) is 22.6 Å². The number of nitrogens with two attached hydrogens (primary N) is 2. The number of hydrogen-bond acceptors (Lipinski definition) is 3. The summed E-state index contributed by atoms with van der Waals surface area (Å²) in [5.74, 6) is 0.333. The fourth-order valence-electron chi connectivity index (χ4n) is 1.77. The summed E-state index contributed by atoms with van der Waals surface area (Å²) < 4.78 is 1.81. The van der Waals surface area contributed by atoms with E-state index >= 15 is 0 Å². The molecular weight excluding hydrogens is 212 g/mol. The summed E-state index contributed by atoms with van der Waals surface area (Å²) in [5, 5.41) is 4.50. The Balaban J connectivity index is 2.36. The average molecular weight is 230 g/mol. The Labute approximate surface area is 101 Å². The molecule has 17 heavy (non-hydrogen) atoms. The summed E-state index contributed by atoms with van der Waals surface area (Å²) in [6.45, 7) is 4.72. The van der Waals surface area contributed by atoms with E-state index in [-0.39, 0.29) is 0 Å². The minimum atomic E-state index is 0.333. The molecule has 1 heterocycles. The standard InChI is InChI=1S/C13H18N4/c1-9(2)13-12(15)8-17(16-13)11-5-3-10(7-14)4-6-11/h3-6,8-9H,7,14-15H2,1-2H3. The van der Waals surface area contributed by atoms with Crippen molar-refractivity contribution in [2.45, 2.75) is 26.3 Å². The lowest BCUT2D eigenvalue weighted by Gasteiger charge is -2.03. The van der Waals surface area contributed by atoms with E-state index < -0.39 is 0 Å². The second kappa shape index (κ2) is 4.59. The molecule has 2 rings (SSSR count). The Bertz CT molecular complexity index is 497. The van der Waals surface area contributed by atoms with E-state index in [1.54, 1.807) is 0 Å². The maximum absolute atomic E-state index is 5.93. The van der Waals surface area contributed by atoms with Crippen LogP contribution in [0.25, 0.3) is 5.69 Å². The summed E-state index contributed by atoms with van der Waals surface area (Å²) >= 11 is 0. The van der Waals surface area contributed by atoms with Crippen molar-refractivity contribution >= 4 is 5.69 Å². The normalized spacial score (nSPS) is 11.1. The third-order valence-corrected chi connectivity index (χ3v) is 2.76. The second-order valence-corrected chi connectivity index (χ2v) is 4.44. The summed E-state index contributed by atoms with van der Waals surface area (Å²) in [6.07, 6.45) is 1.85. The van der Waals surface area contributed by atoms with Crippen LogP contribution in [0.1, 0.15) is 31.0 Å². The maximum atomic E-state index is 5.93. The van der Waals surface area contributed by atoms with Crippen LogP contribution >= 0.6 is 0 Å². The van der Waals surface area contributed by atoms with E-state index in [1.165, 1.54) is 0 Å². The zero-order valence-electron chi connectivity index (χ0n) is 10.2. The highest BCUT2D eigenvalue weighted by Crippen LogP contribution is 2.21. The van der Waals surface area contributed by atoms with Gasteiger partial charge in [0.05, 0.1) is 23.3 Å². The fourth-order valence-corrected chi connectivity index (χ4v) is 1.77. The third-order valence-electron chi connectivity index (χ3n) is 2.76. The number of benzene rings is 1. The molecule has 0 bridgehead atoms. The van der Waals surface area contributed by atoms with Crippen LogP contribution in [0.4, 0.5) is 5.69 Å². The monoisotopic (exact) mass is 230 g/mol. The molecule has 0 unspecified atom stereocenters. The molecule has 0 saturated heterocycles. The van der Waals surface area contributed by atoms with Crippen LogP contribution in [-0.4, -0.2) is 9.78 Å². The topological polar surface area (TPSA) is 69.9 Å². The van der Waals surface area contributed by atoms with Crippen LogP contribution in [0.2, 0.25) is 0 Å². The van der Waals surface area contributed by atoms with Gasteiger partial charge in [0, 0.05) is 6.54 Å². The first-order chi connectivity index (χ1) is 8.11. The third kappa shape index (κ3) is 2.31. The highest BCUT2D eigenvalue weighted by atomic mass is 15.3. The van der Waals surface area contributed by atoms with Crippen molar-refractivity contribution < 1.29 is 0 Å². The summed E-state index contributed by atoms with van der Waals surface area (Å²) in [6, 6.07) is 8.00. The van der Waals surface area contributed by atoms with E-state index in [0.29, 0.717) is 12.5 Å². The van der Waals surface area contributed by atoms with Gasteiger partial charge in [-0.05, 0) is 23.6 Å². The van der Waals surface area contributed by atoms with Crippen LogP contribution in [-0.2, 0) is 6.54 Å². The molecule has 0 radical (unpaired) electrons. The summed E-state index contributed by atoms with van der Waals surface area (Å²) in [5.41, 5.74) is 15.3. The lowest BCUT2D eigenvalue weighted by atomic mass is 10.1. The van der Waals surface area contributed by atoms with Gasteiger partial charge in [0.15, 0.2) is 0 Å². The van der Waals surface area contributed by atoms with Crippen molar-refractivity contribution in [3.05, 3.63) is 41.7 Å². The smallest absolute Gasteiger partial charge is 0.0883 e. The number of rotatable bonds is 3. The molecule has 0 aliphatic carbocycles. The first kappa shape index (κ1) is 11.7. The molecule has 4 N–H and O–H groups in total. The van der Waals surface area contributed by atoms with Gasteiger partial charge in [-0.15, -0.1) is 0 Å². The molecule has 0 spiro atoms. The number of hydrogen-bond donors (Lipinski definition) is 2. The molecule has 0 saturated carbocycles. The Hall–Kier alpha value is -1.81. The number of nitrogens with zero attached hydrogens (tertiary/aromatic N) is 2. The molecule has 0 amide bonds. The molecule has 0 aliphatic heterocycles. The zero-order chi connectivity index (χ0) is 12.4. The quantitative estimate of drug-likeness (QED) is 0.847. The Kier molecular flexibility index (Phi) is 3.15. The zero-order valence-corrected chi connectivity index (χ0v) is 10.2. The van der Waals surface area contributed by atoms with Gasteiger partial charge in [-0.1, -0.05) is 26.0 Å². The predicted molar refractivity (Wildman–Crippen MR) is 70.0 cm³/mol. The van der Waals surface area contributed by atoms with E-state index in [2.05, 4.69) is 18.9 Å². The van der Waals surface area contributed by atoms with Gasteiger partial charge in [0.25, 0.3) is 0 Å². The van der Waals surface area contributed by atoms with Gasteiger partial charge in [0.2, 0.25) is 0 Å². The largest absolute Gasteiger partial charge is 0.396 e. The second-order valence-electron chi connectivity index (χ2n) is 4.44. The molecule has 1 aromatic heterocycles. The molecular formula is C13H18N4. The maximum Gasteiger partial charge on any atom is 0.0883 e. The molecule has 2 aromatic rings. The number of nitrogen functional groups attached to an aromatic ring is 1. The van der Waals surface area contributed by atoms with Gasteiger partial charge in [-0.2, -0.15) is 5.10 Å². The van der Waals surface area contributed by atoms with Crippen molar-refractivity contribution in [2.24, 2.45) is 5.73 Å². The molecule has 0 atom stereocenters. The molecule has 0 fully saturated rings. The summed E-state index contributed by atoms with van der Waals surface area (Å²) in [4.78, 5) is 0. The van der Waals surface area contributed by atoms with E-state index in [4.69, 9.17) is 11.5 Å². The summed E-state index contributed by atoms with van der Waals surface area (Å²) in [7, 11) is 0. The minimum absolute atomic E-state index is 0.333. The van der Waals surface area contributed by atoms with Crippen molar-refractivity contribution in [2.75, 3.05) is 5.73 Å². The van der Waals surface area contributed by atoms with Crippen LogP contribution in [0.3, 0.4) is 0 Å². The predicted octanol–water partition coefficient (Wildman–Crippen LogP) is 2.04. The van der Waals surface area contributed by atoms with Crippen molar-refractivity contribution in [1.82, 2.24) is 9.78 Å². The van der Waals surface area contributed by atoms with Gasteiger partial charge >= 0.3 is 0 Å². The van der Waals surface area contributed by atoms with E-state index in [1.807, 2.05) is 35.1 Å². The minimum Gasteiger partial charge on any atom is -0.396 e.